The van der Waals surface area contributed by atoms with Gasteiger partial charge in [-0.05, 0) is 24.1 Å². The minimum atomic E-state index is -0.972. The van der Waals surface area contributed by atoms with Gasteiger partial charge in [-0.15, -0.1) is 0 Å². The van der Waals surface area contributed by atoms with Crippen LogP contribution in [0.1, 0.15) is 44.8 Å². The lowest BCUT2D eigenvalue weighted by Crippen LogP contribution is -2.44. The van der Waals surface area contributed by atoms with Crippen LogP contribution in [0.15, 0.2) is 116 Å². The summed E-state index contributed by atoms with van der Waals surface area (Å²) in [6, 6.07) is 29.7. The number of pyridine rings is 1. The largest absolute Gasteiger partial charge is 0.465 e. The van der Waals surface area contributed by atoms with E-state index in [0.717, 1.165) is 11.1 Å². The molecule has 4 atom stereocenters. The van der Waals surface area contributed by atoms with Gasteiger partial charge in [-0.1, -0.05) is 97.1 Å². The van der Waals surface area contributed by atoms with Gasteiger partial charge in [0.05, 0.1) is 18.4 Å². The minimum Gasteiger partial charge on any atom is -0.465 e. The van der Waals surface area contributed by atoms with Gasteiger partial charge >= 0.3 is 5.97 Å². The fourth-order valence-corrected chi connectivity index (χ4v) is 5.63. The third-order valence-electron chi connectivity index (χ3n) is 7.27. The SMILES string of the molecule is CCOC(=O)C1C(C(=O)c2ccccc2)C(C(=O)c2ccccc2)C(c2cccnc2)N1Cc1ccccc1. The molecule has 0 aliphatic carbocycles. The quantitative estimate of drug-likeness (QED) is 0.213. The predicted octanol–water partition coefficient (Wildman–Crippen LogP) is 5.57. The molecule has 4 aromatic rings. The summed E-state index contributed by atoms with van der Waals surface area (Å²) in [5, 5.41) is 0. The molecule has 1 fully saturated rings. The number of aromatic nitrogens is 1. The number of likely N-dealkylation sites (tertiary alicyclic amines) is 1. The van der Waals surface area contributed by atoms with Crippen molar-refractivity contribution in [2.24, 2.45) is 11.8 Å². The maximum absolute atomic E-state index is 14.3. The van der Waals surface area contributed by atoms with Crippen LogP contribution in [0.2, 0.25) is 0 Å². The average molecular weight is 519 g/mol. The summed E-state index contributed by atoms with van der Waals surface area (Å²) >= 11 is 0. The van der Waals surface area contributed by atoms with Crippen LogP contribution in [0.5, 0.6) is 0 Å². The Balaban J connectivity index is 1.73. The van der Waals surface area contributed by atoms with Crippen molar-refractivity contribution in [3.05, 3.63) is 138 Å². The van der Waals surface area contributed by atoms with Gasteiger partial charge in [-0.3, -0.25) is 24.3 Å². The molecule has 3 aromatic carbocycles. The first-order valence-corrected chi connectivity index (χ1v) is 13.1. The second-order valence-corrected chi connectivity index (χ2v) is 9.60. The van der Waals surface area contributed by atoms with Crippen LogP contribution in [-0.4, -0.2) is 40.1 Å². The molecule has 1 saturated heterocycles. The summed E-state index contributed by atoms with van der Waals surface area (Å²) in [7, 11) is 0. The molecule has 4 unspecified atom stereocenters. The van der Waals surface area contributed by atoms with Crippen LogP contribution in [0.3, 0.4) is 0 Å². The molecule has 5 rings (SSSR count). The first kappa shape index (κ1) is 26.2. The summed E-state index contributed by atoms with van der Waals surface area (Å²) in [4.78, 5) is 48.7. The number of Topliss-reactive ketones (excluding diaryl/α,β-unsaturated/α-hetero) is 2. The van der Waals surface area contributed by atoms with E-state index in [1.165, 1.54) is 0 Å². The number of rotatable bonds is 9. The van der Waals surface area contributed by atoms with E-state index < -0.39 is 29.9 Å². The second-order valence-electron chi connectivity index (χ2n) is 9.60. The van der Waals surface area contributed by atoms with Crippen molar-refractivity contribution in [3.8, 4) is 0 Å². The van der Waals surface area contributed by atoms with Gasteiger partial charge in [0.25, 0.3) is 0 Å². The highest BCUT2D eigenvalue weighted by Gasteiger charge is 2.58. The molecule has 6 heteroatoms. The topological polar surface area (TPSA) is 76.6 Å². The number of ketones is 2. The van der Waals surface area contributed by atoms with Gasteiger partial charge in [-0.25, -0.2) is 0 Å². The summed E-state index contributed by atoms with van der Waals surface area (Å²) in [6.07, 6.45) is 3.38. The van der Waals surface area contributed by atoms with Crippen LogP contribution >= 0.6 is 0 Å². The van der Waals surface area contributed by atoms with E-state index in [0.29, 0.717) is 17.7 Å². The van der Waals surface area contributed by atoms with E-state index in [1.807, 2.05) is 59.5 Å². The monoisotopic (exact) mass is 518 g/mol. The zero-order valence-electron chi connectivity index (χ0n) is 21.7. The lowest BCUT2D eigenvalue weighted by Gasteiger charge is -2.30. The van der Waals surface area contributed by atoms with E-state index in [9.17, 15) is 14.4 Å². The number of carbonyl (C=O) groups excluding carboxylic acids is 3. The van der Waals surface area contributed by atoms with Crippen molar-refractivity contribution in [1.29, 1.82) is 0 Å². The zero-order chi connectivity index (χ0) is 27.2. The molecule has 2 heterocycles. The number of esters is 1. The van der Waals surface area contributed by atoms with Gasteiger partial charge in [0.2, 0.25) is 0 Å². The zero-order valence-corrected chi connectivity index (χ0v) is 21.7. The smallest absolute Gasteiger partial charge is 0.324 e. The van der Waals surface area contributed by atoms with Crippen molar-refractivity contribution >= 4 is 17.5 Å². The number of hydrogen-bond acceptors (Lipinski definition) is 6. The number of benzene rings is 3. The van der Waals surface area contributed by atoms with E-state index >= 15 is 0 Å². The van der Waals surface area contributed by atoms with Gasteiger partial charge < -0.3 is 4.74 Å². The predicted molar refractivity (Wildman–Crippen MR) is 148 cm³/mol. The number of ether oxygens (including phenoxy) is 1. The van der Waals surface area contributed by atoms with Crippen molar-refractivity contribution < 1.29 is 19.1 Å². The first-order chi connectivity index (χ1) is 19.1. The molecule has 0 amide bonds. The van der Waals surface area contributed by atoms with Crippen LogP contribution in [0.25, 0.3) is 0 Å². The van der Waals surface area contributed by atoms with Gasteiger partial charge in [0.15, 0.2) is 11.6 Å². The van der Waals surface area contributed by atoms with E-state index in [1.54, 1.807) is 67.8 Å². The summed E-state index contributed by atoms with van der Waals surface area (Å²) in [5.41, 5.74) is 2.67. The Bertz CT molecular complexity index is 1410. The maximum atomic E-state index is 14.3. The lowest BCUT2D eigenvalue weighted by molar-refractivity contribution is -0.150. The average Bonchev–Trinajstić information content (AvgIpc) is 3.33. The van der Waals surface area contributed by atoms with Crippen molar-refractivity contribution in [1.82, 2.24) is 9.88 Å². The van der Waals surface area contributed by atoms with E-state index in [4.69, 9.17) is 4.74 Å². The molecule has 0 spiro atoms. The Hall–Kier alpha value is -4.42. The fourth-order valence-electron chi connectivity index (χ4n) is 5.63. The molecule has 0 saturated carbocycles. The molecule has 196 valence electrons. The van der Waals surface area contributed by atoms with Crippen molar-refractivity contribution in [2.45, 2.75) is 25.6 Å². The third kappa shape index (κ3) is 5.42. The molecule has 1 aromatic heterocycles. The Labute approximate surface area is 228 Å². The molecule has 1 aliphatic heterocycles. The highest BCUT2D eigenvalue weighted by Crippen LogP contribution is 2.48. The summed E-state index contributed by atoms with van der Waals surface area (Å²) in [5.74, 6) is -2.77. The van der Waals surface area contributed by atoms with Gasteiger partial charge in [0, 0.05) is 36.1 Å². The molecular weight excluding hydrogens is 488 g/mol. The molecule has 1 aliphatic rings. The van der Waals surface area contributed by atoms with Crippen LogP contribution in [0.4, 0.5) is 0 Å². The van der Waals surface area contributed by atoms with Crippen LogP contribution in [0, 0.1) is 11.8 Å². The van der Waals surface area contributed by atoms with Crippen molar-refractivity contribution in [2.75, 3.05) is 6.61 Å². The molecule has 39 heavy (non-hydrogen) atoms. The highest BCUT2D eigenvalue weighted by atomic mass is 16.5. The Morgan fingerprint density at radius 1 is 0.744 bits per heavy atom. The normalized spacial score (nSPS) is 20.8. The number of nitrogens with zero attached hydrogens (tertiary/aromatic N) is 2. The van der Waals surface area contributed by atoms with Crippen LogP contribution in [-0.2, 0) is 16.1 Å². The molecule has 0 N–H and O–H groups in total. The standard InChI is InChI=1S/C33H30N2O4/c1-2-39-33(38)30-28(32(37)25-17-10-5-11-18-25)27(31(36)24-15-8-4-9-16-24)29(26-19-12-20-34-21-26)35(30)22-23-13-6-3-7-14-23/h3-21,27-30H,2,22H2,1H3. The molecular formula is C33H30N2O4. The fraction of sp³-hybridized carbons (Fsp3) is 0.212. The lowest BCUT2D eigenvalue weighted by atomic mass is 9.76. The van der Waals surface area contributed by atoms with E-state index in [2.05, 4.69) is 4.98 Å². The van der Waals surface area contributed by atoms with Gasteiger partial charge in [-0.2, -0.15) is 0 Å². The maximum Gasteiger partial charge on any atom is 0.324 e. The first-order valence-electron chi connectivity index (χ1n) is 13.1. The highest BCUT2D eigenvalue weighted by molar-refractivity contribution is 6.08. The summed E-state index contributed by atoms with van der Waals surface area (Å²) < 4.78 is 5.57. The third-order valence-corrected chi connectivity index (χ3v) is 7.27. The Morgan fingerprint density at radius 3 is 1.85 bits per heavy atom. The Morgan fingerprint density at radius 2 is 1.31 bits per heavy atom. The Kier molecular flexibility index (Phi) is 8.04. The van der Waals surface area contributed by atoms with Gasteiger partial charge in [0.1, 0.15) is 6.04 Å². The number of hydrogen-bond donors (Lipinski definition) is 0. The molecule has 0 radical (unpaired) electrons. The number of carbonyl (C=O) groups is 3. The van der Waals surface area contributed by atoms with E-state index in [-0.39, 0.29) is 18.2 Å². The van der Waals surface area contributed by atoms with Crippen LogP contribution < -0.4 is 0 Å². The summed E-state index contributed by atoms with van der Waals surface area (Å²) in [6.45, 7) is 2.25. The van der Waals surface area contributed by atoms with Crippen molar-refractivity contribution in [3.63, 3.8) is 0 Å². The second kappa shape index (κ2) is 12.0. The molecule has 6 nitrogen and oxygen atoms in total. The minimum absolute atomic E-state index is 0.162. The molecule has 0 bridgehead atoms.